The van der Waals surface area contributed by atoms with Gasteiger partial charge in [0.15, 0.2) is 28.9 Å². The maximum Gasteiger partial charge on any atom is 0.511 e. The maximum absolute atomic E-state index is 12.7. The molecule has 1 saturated heterocycles. The molecule has 1 aliphatic heterocycles. The lowest BCUT2D eigenvalue weighted by Gasteiger charge is -2.29. The molecular formula is C19H30N8O5P+. The van der Waals surface area contributed by atoms with Crippen LogP contribution in [0.25, 0.3) is 21.6 Å². The van der Waals surface area contributed by atoms with E-state index in [2.05, 4.69) is 25.0 Å². The summed E-state index contributed by atoms with van der Waals surface area (Å²) in [5.41, 5.74) is 14.3. The zero-order valence-corrected chi connectivity index (χ0v) is 20.0. The van der Waals surface area contributed by atoms with Crippen molar-refractivity contribution in [1.29, 1.82) is 0 Å². The van der Waals surface area contributed by atoms with Gasteiger partial charge in [0.1, 0.15) is 24.1 Å². The number of aliphatic hydroxyl groups is 2. The third kappa shape index (κ3) is 4.79. The SMILES string of the molecule is CC[C@@H](C)[P+](=O)OC(CC)(CC)C[C@H]1OC(n2c(N=[N+]=[N-])nc3c(N)ncnc32)[C@H](O)[C@@H]1O. The number of nitrogen functional groups attached to an aromatic ring is 1. The predicted octanol–water partition coefficient (Wildman–Crippen LogP) is 3.48. The summed E-state index contributed by atoms with van der Waals surface area (Å²) in [5.74, 6) is -0.0686. The molecule has 0 bridgehead atoms. The molecule has 0 amide bonds. The van der Waals surface area contributed by atoms with Crippen LogP contribution in [0.5, 0.6) is 0 Å². The molecule has 180 valence electrons. The number of rotatable bonds is 10. The minimum atomic E-state index is -1.92. The van der Waals surface area contributed by atoms with Crippen LogP contribution in [0.3, 0.4) is 0 Å². The molecule has 4 N–H and O–H groups in total. The molecule has 3 heterocycles. The molecule has 1 aliphatic rings. The summed E-state index contributed by atoms with van der Waals surface area (Å²) in [4.78, 5) is 14.9. The fraction of sp³-hybridized carbons (Fsp3) is 0.737. The van der Waals surface area contributed by atoms with Crippen molar-refractivity contribution >= 4 is 31.0 Å². The molecule has 2 unspecified atom stereocenters. The van der Waals surface area contributed by atoms with E-state index in [0.717, 1.165) is 0 Å². The van der Waals surface area contributed by atoms with Crippen molar-refractivity contribution < 1.29 is 24.0 Å². The van der Waals surface area contributed by atoms with E-state index in [1.165, 1.54) is 10.9 Å². The quantitative estimate of drug-likeness (QED) is 0.197. The first-order valence-electron chi connectivity index (χ1n) is 10.9. The number of aliphatic hydroxyl groups excluding tert-OH is 2. The van der Waals surface area contributed by atoms with Gasteiger partial charge in [0.25, 0.3) is 0 Å². The summed E-state index contributed by atoms with van der Waals surface area (Å²) in [7, 11) is -1.92. The number of hydrogen-bond donors (Lipinski definition) is 3. The first-order valence-corrected chi connectivity index (χ1v) is 12.2. The fourth-order valence-corrected chi connectivity index (χ4v) is 5.06. The van der Waals surface area contributed by atoms with E-state index in [4.69, 9.17) is 20.5 Å². The average Bonchev–Trinajstić information content (AvgIpc) is 3.31. The van der Waals surface area contributed by atoms with Gasteiger partial charge in [0.05, 0.1) is 6.10 Å². The van der Waals surface area contributed by atoms with Crippen LogP contribution < -0.4 is 5.73 Å². The van der Waals surface area contributed by atoms with Gasteiger partial charge in [0, 0.05) is 11.3 Å². The molecule has 2 aromatic heterocycles. The zero-order chi connectivity index (χ0) is 24.3. The summed E-state index contributed by atoms with van der Waals surface area (Å²) < 4.78 is 26.0. The van der Waals surface area contributed by atoms with Crippen LogP contribution in [0.4, 0.5) is 11.8 Å². The first-order chi connectivity index (χ1) is 15.7. The molecule has 0 aliphatic carbocycles. The largest absolute Gasteiger partial charge is 0.511 e. The molecule has 0 saturated carbocycles. The predicted molar refractivity (Wildman–Crippen MR) is 121 cm³/mol. The van der Waals surface area contributed by atoms with Crippen molar-refractivity contribution in [2.45, 2.75) is 89.2 Å². The first kappa shape index (κ1) is 25.2. The van der Waals surface area contributed by atoms with E-state index < -0.39 is 38.2 Å². The van der Waals surface area contributed by atoms with Gasteiger partial charge in [-0.3, -0.25) is 4.57 Å². The fourth-order valence-electron chi connectivity index (χ4n) is 3.87. The van der Waals surface area contributed by atoms with Crippen molar-refractivity contribution in [3.05, 3.63) is 16.8 Å². The Morgan fingerprint density at radius 3 is 2.67 bits per heavy atom. The highest BCUT2D eigenvalue weighted by atomic mass is 31.1. The van der Waals surface area contributed by atoms with Crippen LogP contribution in [-0.4, -0.2) is 59.3 Å². The molecule has 1 fully saturated rings. The highest BCUT2D eigenvalue weighted by Crippen LogP contribution is 2.45. The number of hydrogen-bond acceptors (Lipinski definition) is 10. The Balaban J connectivity index is 1.94. The van der Waals surface area contributed by atoms with E-state index in [1.54, 1.807) is 0 Å². The molecule has 14 heteroatoms. The second kappa shape index (κ2) is 10.3. The number of imidazole rings is 1. The van der Waals surface area contributed by atoms with Crippen LogP contribution in [0.15, 0.2) is 11.4 Å². The summed E-state index contributed by atoms with van der Waals surface area (Å²) in [6.07, 6.45) is -1.47. The molecule has 3 rings (SSSR count). The average molecular weight is 481 g/mol. The number of ether oxygens (including phenoxy) is 1. The van der Waals surface area contributed by atoms with Crippen LogP contribution in [0, 0.1) is 0 Å². The standard InChI is InChI=1S/C19H30N8O5P/c1-5-10(4)33(30)32-19(6-2,7-3)8-11-13(28)14(29)17(31-11)27-16-12(15(20)22-9-23-16)24-18(27)25-26-21/h9-11,13-14,17,28-29H,5-8H2,1-4H3,(H2,20,22,23)/q+1/t10-,11-,13-,14-,17?/m1/s1. The van der Waals surface area contributed by atoms with Crippen molar-refractivity contribution in [2.75, 3.05) is 5.73 Å². The summed E-state index contributed by atoms with van der Waals surface area (Å²) in [5, 5.41) is 25.2. The van der Waals surface area contributed by atoms with E-state index in [0.29, 0.717) is 19.3 Å². The molecular weight excluding hydrogens is 451 g/mol. The molecule has 0 aromatic carbocycles. The Labute approximate surface area is 191 Å². The highest BCUT2D eigenvalue weighted by molar-refractivity contribution is 7.40. The van der Waals surface area contributed by atoms with E-state index in [-0.39, 0.29) is 35.0 Å². The molecule has 2 aromatic rings. The lowest BCUT2D eigenvalue weighted by Crippen LogP contribution is -2.39. The Morgan fingerprint density at radius 1 is 1.36 bits per heavy atom. The lowest BCUT2D eigenvalue weighted by molar-refractivity contribution is -0.0669. The van der Waals surface area contributed by atoms with Crippen LogP contribution in [-0.2, 0) is 13.8 Å². The number of nitrogens with zero attached hydrogens (tertiary/aromatic N) is 7. The zero-order valence-electron chi connectivity index (χ0n) is 19.1. The van der Waals surface area contributed by atoms with Gasteiger partial charge in [-0.05, 0) is 41.4 Å². The van der Waals surface area contributed by atoms with Crippen LogP contribution in [0.1, 0.15) is 59.6 Å². The van der Waals surface area contributed by atoms with Crippen molar-refractivity contribution in [1.82, 2.24) is 19.5 Å². The van der Waals surface area contributed by atoms with Gasteiger partial charge in [-0.2, -0.15) is 0 Å². The minimum Gasteiger partial charge on any atom is -0.388 e. The number of nitrogens with two attached hydrogens (primary N) is 1. The second-order valence-corrected chi connectivity index (χ2v) is 9.81. The van der Waals surface area contributed by atoms with Crippen LogP contribution >= 0.6 is 8.03 Å². The Hall–Kier alpha value is -2.40. The monoisotopic (exact) mass is 481 g/mol. The van der Waals surface area contributed by atoms with Gasteiger partial charge in [-0.1, -0.05) is 20.8 Å². The van der Waals surface area contributed by atoms with Gasteiger partial charge < -0.3 is 20.7 Å². The van der Waals surface area contributed by atoms with Crippen molar-refractivity contribution in [2.24, 2.45) is 5.11 Å². The van der Waals surface area contributed by atoms with Gasteiger partial charge in [-0.25, -0.2) is 15.0 Å². The number of aromatic nitrogens is 4. The Bertz CT molecular complexity index is 1050. The van der Waals surface area contributed by atoms with Gasteiger partial charge in [0.2, 0.25) is 5.95 Å². The number of azide groups is 1. The maximum atomic E-state index is 12.7. The normalized spacial score (nSPS) is 24.6. The minimum absolute atomic E-state index is 0.0657. The number of anilines is 1. The van der Waals surface area contributed by atoms with Crippen LogP contribution in [0.2, 0.25) is 0 Å². The third-order valence-electron chi connectivity index (χ3n) is 6.31. The summed E-state index contributed by atoms with van der Waals surface area (Å²) in [6, 6.07) is 0. The lowest BCUT2D eigenvalue weighted by atomic mass is 9.88. The van der Waals surface area contributed by atoms with Crippen molar-refractivity contribution in [3.63, 3.8) is 0 Å². The molecule has 0 spiro atoms. The van der Waals surface area contributed by atoms with E-state index in [9.17, 15) is 14.8 Å². The Morgan fingerprint density at radius 2 is 2.06 bits per heavy atom. The number of fused-ring (bicyclic) bond motifs is 1. The highest BCUT2D eigenvalue weighted by Gasteiger charge is 2.50. The smallest absolute Gasteiger partial charge is 0.388 e. The van der Waals surface area contributed by atoms with Crippen molar-refractivity contribution in [3.8, 4) is 0 Å². The van der Waals surface area contributed by atoms with E-state index >= 15 is 0 Å². The second-order valence-electron chi connectivity index (χ2n) is 8.18. The molecule has 13 nitrogen and oxygen atoms in total. The molecule has 0 radical (unpaired) electrons. The summed E-state index contributed by atoms with van der Waals surface area (Å²) >= 11 is 0. The Kier molecular flexibility index (Phi) is 7.84. The molecule has 33 heavy (non-hydrogen) atoms. The molecule has 6 atom stereocenters. The summed E-state index contributed by atoms with van der Waals surface area (Å²) in [6.45, 7) is 7.64. The van der Waals surface area contributed by atoms with E-state index in [1.807, 2.05) is 27.7 Å². The van der Waals surface area contributed by atoms with Gasteiger partial charge >= 0.3 is 8.03 Å². The third-order valence-corrected chi connectivity index (χ3v) is 7.96. The van der Waals surface area contributed by atoms with Gasteiger partial charge in [-0.15, -0.1) is 4.52 Å². The topological polar surface area (TPSA) is 194 Å².